The van der Waals surface area contributed by atoms with Crippen molar-refractivity contribution in [2.24, 2.45) is 0 Å². The van der Waals surface area contributed by atoms with Crippen LogP contribution >= 0.6 is 11.8 Å². The Labute approximate surface area is 485 Å². The second-order valence-corrected chi connectivity index (χ2v) is 22.1. The summed E-state index contributed by atoms with van der Waals surface area (Å²) < 4.78 is 0. The number of aromatic nitrogens is 2. The van der Waals surface area contributed by atoms with Crippen LogP contribution in [0.15, 0.2) is 144 Å². The summed E-state index contributed by atoms with van der Waals surface area (Å²) in [5, 5.41) is 27.5. The average Bonchev–Trinajstić information content (AvgIpc) is 3.69. The van der Waals surface area contributed by atoms with Crippen LogP contribution in [0.5, 0.6) is 0 Å². The van der Waals surface area contributed by atoms with Gasteiger partial charge in [-0.15, -0.1) is 0 Å². The summed E-state index contributed by atoms with van der Waals surface area (Å²) in [4.78, 5) is 126. The van der Waals surface area contributed by atoms with Crippen LogP contribution in [0.25, 0.3) is 34.4 Å². The van der Waals surface area contributed by atoms with E-state index in [2.05, 4.69) is 9.97 Å². The van der Waals surface area contributed by atoms with Crippen LogP contribution in [0.2, 0.25) is 0 Å². The fraction of sp³-hybridized carbons (Fsp3) is 0.290. The van der Waals surface area contributed by atoms with Crippen molar-refractivity contribution in [3.63, 3.8) is 0 Å². The fourth-order valence-corrected chi connectivity index (χ4v) is 11.5. The quantitative estimate of drug-likeness (QED) is 0.0501. The predicted octanol–water partition coefficient (Wildman–Crippen LogP) is 8.93. The van der Waals surface area contributed by atoms with Gasteiger partial charge in [-0.25, -0.2) is 0 Å². The molecule has 2 aliphatic heterocycles. The predicted molar refractivity (Wildman–Crippen MR) is 316 cm³/mol. The highest BCUT2D eigenvalue weighted by atomic mass is 32.2. The number of nitrogens with zero attached hydrogens (tertiary/aromatic N) is 10. The molecule has 4 aromatic carbocycles. The van der Waals surface area contributed by atoms with Gasteiger partial charge in [0.25, 0.3) is 23.2 Å². The Morgan fingerprint density at radius 2 is 0.904 bits per heavy atom. The van der Waals surface area contributed by atoms with Gasteiger partial charge in [0.05, 0.1) is 43.9 Å². The number of carbonyl (C=O) groups excluding carboxylic acids is 6. The molecular weight excluding hydrogens is 1080 g/mol. The molecular formula is C62H64N10O10S. The first-order valence-electron chi connectivity index (χ1n) is 27.0. The van der Waals surface area contributed by atoms with Crippen molar-refractivity contribution in [2.45, 2.75) is 61.4 Å². The second kappa shape index (κ2) is 26.0. The zero-order valence-corrected chi connectivity index (χ0v) is 48.2. The van der Waals surface area contributed by atoms with Crippen molar-refractivity contribution in [1.82, 2.24) is 39.4 Å². The summed E-state index contributed by atoms with van der Waals surface area (Å²) in [5.74, 6) is -2.77. The van der Waals surface area contributed by atoms with Crippen molar-refractivity contribution in [3.8, 4) is 22.3 Å². The molecule has 2 unspecified atom stereocenters. The maximum Gasteiger partial charge on any atom is 0.291 e. The maximum absolute atomic E-state index is 14.2. The molecule has 6 aromatic rings. The number of nitro groups is 2. The van der Waals surface area contributed by atoms with E-state index in [1.807, 2.05) is 52.0 Å². The molecule has 428 valence electrons. The van der Waals surface area contributed by atoms with Crippen LogP contribution in [0.4, 0.5) is 11.4 Å². The monoisotopic (exact) mass is 1140 g/mol. The molecule has 0 radical (unpaired) electrons. The van der Waals surface area contributed by atoms with Crippen molar-refractivity contribution in [2.75, 3.05) is 67.5 Å². The van der Waals surface area contributed by atoms with Gasteiger partial charge < -0.3 is 29.4 Å². The molecule has 0 saturated carbocycles. The van der Waals surface area contributed by atoms with Crippen molar-refractivity contribution < 1.29 is 38.6 Å². The highest BCUT2D eigenvalue weighted by Gasteiger charge is 2.40. The fourth-order valence-electron chi connectivity index (χ4n) is 10.4. The van der Waals surface area contributed by atoms with E-state index in [-0.39, 0.29) is 107 Å². The van der Waals surface area contributed by atoms with Crippen LogP contribution < -0.4 is 0 Å². The van der Waals surface area contributed by atoms with E-state index >= 15 is 0 Å². The van der Waals surface area contributed by atoms with Crippen LogP contribution in [-0.2, 0) is 19.2 Å². The molecule has 2 aliphatic rings. The van der Waals surface area contributed by atoms with Gasteiger partial charge in [0, 0.05) is 102 Å². The van der Waals surface area contributed by atoms with Gasteiger partial charge in [-0.1, -0.05) is 100 Å². The summed E-state index contributed by atoms with van der Waals surface area (Å²) in [7, 11) is 6.28. The third-order valence-electron chi connectivity index (χ3n) is 14.7. The van der Waals surface area contributed by atoms with Gasteiger partial charge in [-0.05, 0) is 93.8 Å². The summed E-state index contributed by atoms with van der Waals surface area (Å²) in [6, 6.07) is 24.9. The Balaban J connectivity index is 1.18. The van der Waals surface area contributed by atoms with Crippen molar-refractivity contribution >= 4 is 70.7 Å². The first kappa shape index (κ1) is 59.7. The molecule has 20 nitrogen and oxygen atoms in total. The third kappa shape index (κ3) is 13.0. The first-order valence-corrected chi connectivity index (χ1v) is 27.8. The molecule has 0 bridgehead atoms. The lowest BCUT2D eigenvalue weighted by molar-refractivity contribution is -0.387. The summed E-state index contributed by atoms with van der Waals surface area (Å²) in [6.45, 7) is 7.87. The van der Waals surface area contributed by atoms with Gasteiger partial charge in [-0.3, -0.25) is 59.0 Å². The van der Waals surface area contributed by atoms with E-state index in [0.29, 0.717) is 33.4 Å². The number of carbonyl (C=O) groups is 6. The van der Waals surface area contributed by atoms with Gasteiger partial charge in [-0.2, -0.15) is 0 Å². The molecule has 21 heteroatoms. The molecule has 83 heavy (non-hydrogen) atoms. The Morgan fingerprint density at radius 3 is 1.24 bits per heavy atom. The standard InChI is InChI=1S/C62H64N10O10S/c1-39(2)45-13-9-11-15-47(45)55-41(19-23-53(73)67-33-35-69(49(37-67)61(77)65(5)6)59(75)43-25-29-63-30-26-43)17-21-51(57(55)71(79)80)83-52-22-18-42(56(58(52)72(81)82)48-16-12-10-14-46(48)40(3)4)20-24-54(74)68-34-36-70(50(38-68)62(78)66(7)8)60(76)44-27-31-64-32-28-44/h9-32,39-40,49-50H,33-38H2,1-8H3. The number of hydrogen-bond donors (Lipinski definition) is 0. The number of amides is 6. The van der Waals surface area contributed by atoms with E-state index in [0.717, 1.165) is 22.9 Å². The molecule has 6 amide bonds. The highest BCUT2D eigenvalue weighted by molar-refractivity contribution is 7.99. The van der Waals surface area contributed by atoms with Crippen LogP contribution in [0.3, 0.4) is 0 Å². The minimum atomic E-state index is -1.00. The number of benzene rings is 4. The van der Waals surface area contributed by atoms with Gasteiger partial charge >= 0.3 is 0 Å². The van der Waals surface area contributed by atoms with Crippen LogP contribution in [-0.4, -0.2) is 164 Å². The minimum Gasteiger partial charge on any atom is -0.347 e. The Hall–Kier alpha value is -9.37. The van der Waals surface area contributed by atoms with Gasteiger partial charge in [0.15, 0.2) is 0 Å². The lowest BCUT2D eigenvalue weighted by Gasteiger charge is -2.41. The van der Waals surface area contributed by atoms with E-state index in [4.69, 9.17) is 0 Å². The second-order valence-electron chi connectivity index (χ2n) is 21.1. The number of nitro benzene ring substituents is 2. The summed E-state index contributed by atoms with van der Waals surface area (Å²) >= 11 is 0.842. The van der Waals surface area contributed by atoms with Crippen molar-refractivity contribution in [1.29, 1.82) is 0 Å². The number of pyridine rings is 2. The van der Waals surface area contributed by atoms with E-state index in [1.54, 1.807) is 88.9 Å². The molecule has 2 atom stereocenters. The summed E-state index contributed by atoms with van der Waals surface area (Å²) in [6.07, 6.45) is 11.5. The van der Waals surface area contributed by atoms with E-state index < -0.39 is 33.7 Å². The molecule has 8 rings (SSSR count). The molecule has 0 N–H and O–H groups in total. The molecule has 2 saturated heterocycles. The Morgan fingerprint density at radius 1 is 0.542 bits per heavy atom. The first-order chi connectivity index (χ1) is 39.7. The SMILES string of the molecule is CC(C)c1ccccc1-c1c(C=CC(=O)N2CCN(C(=O)c3ccncc3)C(C(=O)N(C)C)C2)ccc(Sc2ccc(C=CC(=O)N3CCN(C(=O)c4ccncc4)C(C(=O)N(C)C)C3)c(-c3ccccc3C(C)C)c2[N+](=O)[O-])c1[N+](=O)[O-]. The van der Waals surface area contributed by atoms with Crippen molar-refractivity contribution in [3.05, 3.63) is 188 Å². The number of likely N-dealkylation sites (N-methyl/N-ethyl adjacent to an activating group) is 2. The lowest BCUT2D eigenvalue weighted by Crippen LogP contribution is -2.61. The summed E-state index contributed by atoms with van der Waals surface area (Å²) in [5.41, 5.74) is 3.46. The van der Waals surface area contributed by atoms with Gasteiger partial charge in [0.2, 0.25) is 23.6 Å². The Bertz CT molecular complexity index is 3320. The molecule has 2 aromatic heterocycles. The zero-order chi connectivity index (χ0) is 59.8. The molecule has 4 heterocycles. The lowest BCUT2D eigenvalue weighted by atomic mass is 9.89. The minimum absolute atomic E-state index is 0.0543. The van der Waals surface area contributed by atoms with Crippen LogP contribution in [0.1, 0.15) is 82.5 Å². The van der Waals surface area contributed by atoms with E-state index in [1.165, 1.54) is 90.6 Å². The highest BCUT2D eigenvalue weighted by Crippen LogP contribution is 2.50. The van der Waals surface area contributed by atoms with E-state index in [9.17, 15) is 49.0 Å². The molecule has 0 aliphatic carbocycles. The topological polar surface area (TPSA) is 234 Å². The number of hydrogen-bond acceptors (Lipinski definition) is 13. The Kier molecular flexibility index (Phi) is 18.7. The number of rotatable bonds is 16. The largest absolute Gasteiger partial charge is 0.347 e. The normalized spacial score (nSPS) is 15.5. The number of piperazine rings is 2. The average molecular weight is 1140 g/mol. The van der Waals surface area contributed by atoms with Gasteiger partial charge in [0.1, 0.15) is 12.1 Å². The zero-order valence-electron chi connectivity index (χ0n) is 47.4. The molecule has 0 spiro atoms. The maximum atomic E-state index is 14.2. The van der Waals surface area contributed by atoms with Crippen LogP contribution in [0, 0.1) is 20.2 Å². The molecule has 2 fully saturated rings. The third-order valence-corrected chi connectivity index (χ3v) is 15.8. The smallest absolute Gasteiger partial charge is 0.291 e.